The maximum Gasteiger partial charge on any atom is 0.346 e. The Morgan fingerprint density at radius 2 is 1.62 bits per heavy atom. The highest BCUT2D eigenvalue weighted by atomic mass is 35.5. The van der Waals surface area contributed by atoms with Gasteiger partial charge >= 0.3 is 5.97 Å². The minimum Gasteiger partial charge on any atom is -0.477 e. The molecule has 3 rings (SSSR count). The fourth-order valence-corrected chi connectivity index (χ4v) is 3.79. The molecule has 0 amide bonds. The third-order valence-corrected chi connectivity index (χ3v) is 5.09. The summed E-state index contributed by atoms with van der Waals surface area (Å²) in [6.07, 6.45) is 0. The van der Waals surface area contributed by atoms with E-state index in [4.69, 9.17) is 20.4 Å². The van der Waals surface area contributed by atoms with Gasteiger partial charge in [-0.05, 0) is 35.7 Å². The number of rotatable bonds is 3. The van der Waals surface area contributed by atoms with Crippen molar-refractivity contribution in [2.45, 2.75) is 6.92 Å². The largest absolute Gasteiger partial charge is 0.477 e. The average Bonchev–Trinajstić information content (AvgIpc) is 2.93. The van der Waals surface area contributed by atoms with Crippen molar-refractivity contribution in [3.8, 4) is 21.6 Å². The van der Waals surface area contributed by atoms with Gasteiger partial charge in [-0.2, -0.15) is 0 Å². The van der Waals surface area contributed by atoms with Crippen LogP contribution in [0.25, 0.3) is 21.6 Å². The van der Waals surface area contributed by atoms with E-state index in [0.29, 0.717) is 9.90 Å². The molecule has 1 heterocycles. The number of hydrogen-bond donors (Lipinski definition) is 3. The molecule has 0 saturated carbocycles. The molecule has 26 heavy (non-hydrogen) atoms. The first kappa shape index (κ1) is 20.3. The summed E-state index contributed by atoms with van der Waals surface area (Å²) in [5.74, 6) is -0.896. The maximum atomic E-state index is 11.6. The van der Waals surface area contributed by atoms with Crippen LogP contribution >= 0.6 is 22.9 Å². The van der Waals surface area contributed by atoms with Crippen molar-refractivity contribution in [2.24, 2.45) is 5.14 Å². The zero-order valence-electron chi connectivity index (χ0n) is 13.7. The Bertz CT molecular complexity index is 920. The lowest BCUT2D eigenvalue weighted by Crippen LogP contribution is -1.96. The van der Waals surface area contributed by atoms with Gasteiger partial charge in [-0.15, -0.1) is 11.3 Å². The van der Waals surface area contributed by atoms with Crippen molar-refractivity contribution in [1.29, 1.82) is 0 Å². The van der Waals surface area contributed by atoms with Crippen LogP contribution in [-0.2, 0) is 11.3 Å². The molecule has 0 radical (unpaired) electrons. The molecule has 0 aliphatic heterocycles. The summed E-state index contributed by atoms with van der Waals surface area (Å²) in [7, 11) is 0. The van der Waals surface area contributed by atoms with Gasteiger partial charge in [-0.25, -0.2) is 14.1 Å². The van der Waals surface area contributed by atoms with Crippen LogP contribution in [0.2, 0.25) is 5.02 Å². The number of hydrogen-bond acceptors (Lipinski definition) is 3. The molecule has 1 atom stereocenters. The Balaban J connectivity index is 0.000000552. The normalized spacial score (nSPS) is 11.4. The minimum absolute atomic E-state index is 0.369. The van der Waals surface area contributed by atoms with Crippen LogP contribution < -0.4 is 5.14 Å². The van der Waals surface area contributed by atoms with Crippen molar-refractivity contribution in [1.82, 2.24) is 0 Å². The molecule has 8 heteroatoms. The highest BCUT2D eigenvalue weighted by Gasteiger charge is 2.21. The van der Waals surface area contributed by atoms with Crippen LogP contribution in [0.15, 0.2) is 54.6 Å². The number of aromatic carboxylic acids is 1. The van der Waals surface area contributed by atoms with Crippen molar-refractivity contribution in [3.63, 3.8) is 0 Å². The molecule has 0 bridgehead atoms. The average molecular weight is 410 g/mol. The van der Waals surface area contributed by atoms with E-state index >= 15 is 0 Å². The Labute approximate surface area is 162 Å². The zero-order chi connectivity index (χ0) is 19.3. The van der Waals surface area contributed by atoms with Crippen LogP contribution in [0, 0.1) is 6.92 Å². The molecule has 4 N–H and O–H groups in total. The van der Waals surface area contributed by atoms with Crippen molar-refractivity contribution >= 4 is 40.2 Å². The number of carboxylic acids is 1. The second kappa shape index (κ2) is 9.07. The number of carbonyl (C=O) groups is 1. The lowest BCUT2D eigenvalue weighted by molar-refractivity contribution is 0.0703. The lowest BCUT2D eigenvalue weighted by atomic mass is 9.99. The third-order valence-electron chi connectivity index (χ3n) is 3.51. The number of thiophene rings is 1. The monoisotopic (exact) mass is 409 g/mol. The molecular weight excluding hydrogens is 394 g/mol. The molecule has 0 fully saturated rings. The molecule has 1 aromatic heterocycles. The number of nitrogens with two attached hydrogens (primary N) is 1. The van der Waals surface area contributed by atoms with E-state index in [1.54, 1.807) is 0 Å². The SMILES string of the molecule is Cc1c(-c2ccc(Cl)cc2)sc(C(=O)O)c1-c1ccccc1.NS(=O)O. The fourth-order valence-electron chi connectivity index (χ4n) is 2.49. The van der Waals surface area contributed by atoms with Crippen LogP contribution in [0.1, 0.15) is 15.2 Å². The maximum absolute atomic E-state index is 11.6. The molecule has 5 nitrogen and oxygen atoms in total. The standard InChI is InChI=1S/C18H13ClO2S.H3NO2S/c1-11-15(12-5-3-2-4-6-12)17(18(20)21)22-16(11)13-7-9-14(19)10-8-13;1-4(2)3/h2-10H,1H3,(H,20,21);1H2,(H,2,3). The zero-order valence-corrected chi connectivity index (χ0v) is 16.1. The molecule has 0 saturated heterocycles. The fraction of sp³-hybridized carbons (Fsp3) is 0.0556. The van der Waals surface area contributed by atoms with Crippen molar-refractivity contribution < 1.29 is 18.7 Å². The number of carboxylic acid groups (broad SMARTS) is 1. The summed E-state index contributed by atoms with van der Waals surface area (Å²) in [6, 6.07) is 17.1. The van der Waals surface area contributed by atoms with Gasteiger partial charge in [0.25, 0.3) is 0 Å². The summed E-state index contributed by atoms with van der Waals surface area (Å²) in [5.41, 5.74) is 3.68. The molecule has 2 aromatic carbocycles. The van der Waals surface area contributed by atoms with Gasteiger partial charge in [-0.3, -0.25) is 4.55 Å². The van der Waals surface area contributed by atoms with Gasteiger partial charge in [0.1, 0.15) is 4.88 Å². The quantitative estimate of drug-likeness (QED) is 0.539. The topological polar surface area (TPSA) is 101 Å². The third kappa shape index (κ3) is 5.00. The highest BCUT2D eigenvalue weighted by molar-refractivity contribution is 7.76. The Kier molecular flexibility index (Phi) is 7.07. The van der Waals surface area contributed by atoms with E-state index in [1.807, 2.05) is 61.5 Å². The molecule has 0 aliphatic carbocycles. The molecule has 1 unspecified atom stereocenters. The summed E-state index contributed by atoms with van der Waals surface area (Å²) in [4.78, 5) is 13.0. The van der Waals surface area contributed by atoms with Crippen LogP contribution in [-0.4, -0.2) is 19.8 Å². The Hall–Kier alpha value is -2.03. The van der Waals surface area contributed by atoms with Crippen LogP contribution in [0.4, 0.5) is 0 Å². The number of benzene rings is 2. The smallest absolute Gasteiger partial charge is 0.346 e. The van der Waals surface area contributed by atoms with E-state index in [1.165, 1.54) is 11.3 Å². The van der Waals surface area contributed by atoms with Crippen LogP contribution in [0.3, 0.4) is 0 Å². The van der Waals surface area contributed by atoms with E-state index in [9.17, 15) is 9.90 Å². The molecule has 0 spiro atoms. The predicted octanol–water partition coefficient (Wildman–Crippen LogP) is 4.82. The van der Waals surface area contributed by atoms with E-state index in [2.05, 4.69) is 5.14 Å². The van der Waals surface area contributed by atoms with Gasteiger partial charge in [0.15, 0.2) is 0 Å². The molecule has 136 valence electrons. The second-order valence-corrected chi connectivity index (χ2v) is 7.22. The minimum atomic E-state index is -2.11. The first-order chi connectivity index (χ1) is 12.3. The molecule has 3 aromatic rings. The molecular formula is C18H16ClNO4S2. The van der Waals surface area contributed by atoms with E-state index < -0.39 is 17.2 Å². The van der Waals surface area contributed by atoms with Gasteiger partial charge in [0.2, 0.25) is 11.3 Å². The second-order valence-electron chi connectivity index (χ2n) is 5.21. The Morgan fingerprint density at radius 3 is 2.12 bits per heavy atom. The van der Waals surface area contributed by atoms with Gasteiger partial charge < -0.3 is 5.11 Å². The van der Waals surface area contributed by atoms with E-state index in [0.717, 1.165) is 27.1 Å². The van der Waals surface area contributed by atoms with Gasteiger partial charge in [0.05, 0.1) is 0 Å². The molecule has 0 aliphatic rings. The lowest BCUT2D eigenvalue weighted by Gasteiger charge is -2.04. The van der Waals surface area contributed by atoms with Gasteiger partial charge in [0, 0.05) is 15.5 Å². The predicted molar refractivity (Wildman–Crippen MR) is 107 cm³/mol. The summed E-state index contributed by atoms with van der Waals surface area (Å²) in [5, 5.41) is 14.4. The van der Waals surface area contributed by atoms with E-state index in [-0.39, 0.29) is 0 Å². The number of halogens is 1. The summed E-state index contributed by atoms with van der Waals surface area (Å²) < 4.78 is 16.2. The highest BCUT2D eigenvalue weighted by Crippen LogP contribution is 2.41. The van der Waals surface area contributed by atoms with Gasteiger partial charge in [-0.1, -0.05) is 54.1 Å². The first-order valence-electron chi connectivity index (χ1n) is 7.34. The summed E-state index contributed by atoms with van der Waals surface area (Å²) in [6.45, 7) is 1.97. The van der Waals surface area contributed by atoms with Crippen LogP contribution in [0.5, 0.6) is 0 Å². The van der Waals surface area contributed by atoms with Crippen molar-refractivity contribution in [2.75, 3.05) is 0 Å². The first-order valence-corrected chi connectivity index (χ1v) is 9.71. The summed E-state index contributed by atoms with van der Waals surface area (Å²) >= 11 is 5.13. The van der Waals surface area contributed by atoms with Crippen molar-refractivity contribution in [3.05, 3.63) is 70.1 Å². The Morgan fingerprint density at radius 1 is 1.08 bits per heavy atom.